The van der Waals surface area contributed by atoms with Crippen LogP contribution >= 0.6 is 11.8 Å². The van der Waals surface area contributed by atoms with Crippen molar-refractivity contribution in [3.8, 4) is 11.8 Å². The molecule has 4 rings (SSSR count). The lowest BCUT2D eigenvalue weighted by atomic mass is 10.3. The molecule has 0 atom stereocenters. The maximum absolute atomic E-state index is 14.0. The number of furan rings is 1. The number of carbonyl (C=O) groups is 1. The molecule has 1 aliphatic rings. The standard InChI is InChI=1S/C22H23FN6O3S/c23-17-4-1-5-18(14-17)29-21(27-9-12-31-13-10-27)25-26-22(29)33-16-20(30)28(8-3-7-24)15-19-6-2-11-32-19/h1-2,4-6,11,14H,3,8-10,12-13,15-16H2. The van der Waals surface area contributed by atoms with Gasteiger partial charge in [-0.3, -0.25) is 9.36 Å². The first-order chi connectivity index (χ1) is 16.2. The summed E-state index contributed by atoms with van der Waals surface area (Å²) in [6.45, 7) is 3.00. The molecule has 1 fully saturated rings. The molecule has 172 valence electrons. The van der Waals surface area contributed by atoms with Crippen LogP contribution in [0.2, 0.25) is 0 Å². The van der Waals surface area contributed by atoms with E-state index in [0.29, 0.717) is 55.4 Å². The molecule has 0 radical (unpaired) electrons. The molecule has 3 aromatic rings. The number of hydrogen-bond donors (Lipinski definition) is 0. The Balaban J connectivity index is 1.54. The maximum atomic E-state index is 14.0. The summed E-state index contributed by atoms with van der Waals surface area (Å²) in [6.07, 6.45) is 1.77. The summed E-state index contributed by atoms with van der Waals surface area (Å²) >= 11 is 1.22. The lowest BCUT2D eigenvalue weighted by Crippen LogP contribution is -2.38. The highest BCUT2D eigenvalue weighted by atomic mass is 32.2. The summed E-state index contributed by atoms with van der Waals surface area (Å²) in [6, 6.07) is 11.8. The molecular weight excluding hydrogens is 447 g/mol. The number of halogens is 1. The van der Waals surface area contributed by atoms with Gasteiger partial charge in [-0.05, 0) is 30.3 Å². The van der Waals surface area contributed by atoms with E-state index in [0.717, 1.165) is 0 Å². The van der Waals surface area contributed by atoms with Crippen LogP contribution in [0.3, 0.4) is 0 Å². The molecule has 1 aliphatic heterocycles. The van der Waals surface area contributed by atoms with E-state index >= 15 is 0 Å². The molecular formula is C22H23FN6O3S. The first-order valence-corrected chi connectivity index (χ1v) is 11.5. The Bertz CT molecular complexity index is 1110. The number of benzene rings is 1. The average molecular weight is 471 g/mol. The lowest BCUT2D eigenvalue weighted by Gasteiger charge is -2.28. The van der Waals surface area contributed by atoms with Crippen molar-refractivity contribution in [3.63, 3.8) is 0 Å². The number of ether oxygens (including phenoxy) is 1. The summed E-state index contributed by atoms with van der Waals surface area (Å²) in [5.74, 6) is 0.776. The molecule has 2 aromatic heterocycles. The van der Waals surface area contributed by atoms with E-state index in [1.807, 2.05) is 4.90 Å². The number of hydrogen-bond acceptors (Lipinski definition) is 8. The molecule has 11 heteroatoms. The van der Waals surface area contributed by atoms with Crippen molar-refractivity contribution in [1.82, 2.24) is 19.7 Å². The van der Waals surface area contributed by atoms with Gasteiger partial charge < -0.3 is 19.0 Å². The van der Waals surface area contributed by atoms with Gasteiger partial charge >= 0.3 is 0 Å². The summed E-state index contributed by atoms with van der Waals surface area (Å²) < 4.78 is 26.5. The van der Waals surface area contributed by atoms with Gasteiger partial charge in [0.25, 0.3) is 0 Å². The Morgan fingerprint density at radius 1 is 1.24 bits per heavy atom. The third-order valence-electron chi connectivity index (χ3n) is 5.07. The topological polar surface area (TPSA) is 100 Å². The predicted molar refractivity (Wildman–Crippen MR) is 119 cm³/mol. The van der Waals surface area contributed by atoms with Gasteiger partial charge in [0.1, 0.15) is 11.6 Å². The summed E-state index contributed by atoms with van der Waals surface area (Å²) in [7, 11) is 0. The zero-order valence-corrected chi connectivity index (χ0v) is 18.7. The molecule has 9 nitrogen and oxygen atoms in total. The van der Waals surface area contributed by atoms with Gasteiger partial charge in [-0.15, -0.1) is 10.2 Å². The van der Waals surface area contributed by atoms with Crippen molar-refractivity contribution in [2.24, 2.45) is 0 Å². The van der Waals surface area contributed by atoms with Crippen molar-refractivity contribution in [2.75, 3.05) is 43.5 Å². The normalized spacial score (nSPS) is 13.6. The lowest BCUT2D eigenvalue weighted by molar-refractivity contribution is -0.129. The molecule has 33 heavy (non-hydrogen) atoms. The number of carbonyl (C=O) groups excluding carboxylic acids is 1. The van der Waals surface area contributed by atoms with Gasteiger partial charge in [0.2, 0.25) is 11.9 Å². The van der Waals surface area contributed by atoms with Crippen molar-refractivity contribution < 1.29 is 18.3 Å². The van der Waals surface area contributed by atoms with E-state index in [-0.39, 0.29) is 30.4 Å². The van der Waals surface area contributed by atoms with Gasteiger partial charge in [0.15, 0.2) is 5.16 Å². The van der Waals surface area contributed by atoms with Gasteiger partial charge in [0.05, 0.1) is 50.0 Å². The summed E-state index contributed by atoms with van der Waals surface area (Å²) in [5, 5.41) is 18.1. The molecule has 0 bridgehead atoms. The minimum absolute atomic E-state index is 0.0860. The van der Waals surface area contributed by atoms with Crippen LogP contribution in [0.1, 0.15) is 12.2 Å². The number of amides is 1. The van der Waals surface area contributed by atoms with E-state index in [4.69, 9.17) is 14.4 Å². The highest BCUT2D eigenvalue weighted by Gasteiger charge is 2.23. The molecule has 0 saturated carbocycles. The molecule has 3 heterocycles. The van der Waals surface area contributed by atoms with Crippen LogP contribution < -0.4 is 4.90 Å². The Morgan fingerprint density at radius 2 is 2.09 bits per heavy atom. The minimum atomic E-state index is -0.373. The van der Waals surface area contributed by atoms with Gasteiger partial charge in [-0.1, -0.05) is 17.8 Å². The zero-order chi connectivity index (χ0) is 23.0. The smallest absolute Gasteiger partial charge is 0.233 e. The van der Waals surface area contributed by atoms with Gasteiger partial charge in [-0.2, -0.15) is 5.26 Å². The van der Waals surface area contributed by atoms with Gasteiger partial charge in [0, 0.05) is 19.6 Å². The van der Waals surface area contributed by atoms with Crippen LogP contribution in [-0.4, -0.2) is 64.2 Å². The third kappa shape index (κ3) is 5.71. The van der Waals surface area contributed by atoms with E-state index in [2.05, 4.69) is 16.3 Å². The Morgan fingerprint density at radius 3 is 2.82 bits per heavy atom. The second kappa shape index (κ2) is 11.0. The highest BCUT2D eigenvalue weighted by molar-refractivity contribution is 7.99. The van der Waals surface area contributed by atoms with Crippen LogP contribution in [-0.2, 0) is 16.1 Å². The highest BCUT2D eigenvalue weighted by Crippen LogP contribution is 2.28. The fourth-order valence-corrected chi connectivity index (χ4v) is 4.30. The van der Waals surface area contributed by atoms with Crippen LogP contribution in [0.5, 0.6) is 0 Å². The number of aromatic nitrogens is 3. The molecule has 1 saturated heterocycles. The second-order valence-corrected chi connectivity index (χ2v) is 8.23. The van der Waals surface area contributed by atoms with Crippen molar-refractivity contribution in [1.29, 1.82) is 5.26 Å². The van der Waals surface area contributed by atoms with E-state index in [1.54, 1.807) is 40.0 Å². The minimum Gasteiger partial charge on any atom is -0.467 e. The number of rotatable bonds is 9. The molecule has 1 aromatic carbocycles. The Hall–Kier alpha value is -3.36. The van der Waals surface area contributed by atoms with Crippen molar-refractivity contribution >= 4 is 23.6 Å². The molecule has 0 N–H and O–H groups in total. The number of thioether (sulfide) groups is 1. The fourth-order valence-electron chi connectivity index (χ4n) is 3.45. The van der Waals surface area contributed by atoms with E-state index in [1.165, 1.54) is 23.9 Å². The monoisotopic (exact) mass is 470 g/mol. The van der Waals surface area contributed by atoms with Crippen LogP contribution in [0.4, 0.5) is 10.3 Å². The van der Waals surface area contributed by atoms with Crippen LogP contribution in [0, 0.1) is 17.1 Å². The van der Waals surface area contributed by atoms with Crippen LogP contribution in [0.15, 0.2) is 52.2 Å². The first-order valence-electron chi connectivity index (χ1n) is 10.5. The SMILES string of the molecule is N#CCCN(Cc1ccco1)C(=O)CSc1nnc(N2CCOCC2)n1-c1cccc(F)c1. The maximum Gasteiger partial charge on any atom is 0.233 e. The van der Waals surface area contributed by atoms with Crippen LogP contribution in [0.25, 0.3) is 5.69 Å². The average Bonchev–Trinajstić information content (AvgIpc) is 3.50. The van der Waals surface area contributed by atoms with E-state index < -0.39 is 0 Å². The van der Waals surface area contributed by atoms with Crippen molar-refractivity contribution in [3.05, 3.63) is 54.2 Å². The largest absolute Gasteiger partial charge is 0.467 e. The third-order valence-corrected chi connectivity index (χ3v) is 5.99. The number of nitriles is 1. The van der Waals surface area contributed by atoms with Gasteiger partial charge in [-0.25, -0.2) is 4.39 Å². The first kappa shape index (κ1) is 22.8. The Labute approximate surface area is 194 Å². The molecule has 0 unspecified atom stereocenters. The quantitative estimate of drug-likeness (QED) is 0.440. The zero-order valence-electron chi connectivity index (χ0n) is 17.9. The van der Waals surface area contributed by atoms with Crippen molar-refractivity contribution in [2.45, 2.75) is 18.1 Å². The predicted octanol–water partition coefficient (Wildman–Crippen LogP) is 2.87. The number of anilines is 1. The molecule has 1 amide bonds. The summed E-state index contributed by atoms with van der Waals surface area (Å²) in [5.41, 5.74) is 0.577. The number of morpholine rings is 1. The summed E-state index contributed by atoms with van der Waals surface area (Å²) in [4.78, 5) is 16.6. The fraction of sp³-hybridized carbons (Fsp3) is 0.364. The number of nitrogens with zero attached hydrogens (tertiary/aromatic N) is 6. The van der Waals surface area contributed by atoms with E-state index in [9.17, 15) is 9.18 Å². The Kier molecular flexibility index (Phi) is 7.59. The molecule has 0 aliphatic carbocycles. The second-order valence-electron chi connectivity index (χ2n) is 7.29. The molecule has 0 spiro atoms.